The number of sulfonamides is 1. The first kappa shape index (κ1) is 25.2. The van der Waals surface area contributed by atoms with E-state index in [9.17, 15) is 31.6 Å². The van der Waals surface area contributed by atoms with Gasteiger partial charge >= 0.3 is 6.18 Å². The quantitative estimate of drug-likeness (QED) is 0.392. The third-order valence-corrected chi connectivity index (χ3v) is 7.74. The number of fused-ring (bicyclic) bond motifs is 1. The number of carbonyl (C=O) groups excluding carboxylic acids is 1. The van der Waals surface area contributed by atoms with Gasteiger partial charge in [0.25, 0.3) is 21.8 Å². The van der Waals surface area contributed by atoms with Crippen LogP contribution in [-0.2, 0) is 16.2 Å². The number of anilines is 1. The summed E-state index contributed by atoms with van der Waals surface area (Å²) < 4.78 is 68.6. The van der Waals surface area contributed by atoms with Crippen LogP contribution in [0.15, 0.2) is 47.5 Å². The first-order valence-electron chi connectivity index (χ1n) is 11.3. The number of tetrazole rings is 1. The molecule has 2 aromatic heterocycles. The Bertz CT molecular complexity index is 1690. The van der Waals surface area contributed by atoms with E-state index in [-0.39, 0.29) is 35.7 Å². The van der Waals surface area contributed by atoms with E-state index in [4.69, 9.17) is 0 Å². The Balaban J connectivity index is 1.32. The van der Waals surface area contributed by atoms with E-state index in [2.05, 4.69) is 31.3 Å². The van der Waals surface area contributed by atoms with Crippen molar-refractivity contribution >= 4 is 32.5 Å². The number of aromatic amines is 1. The van der Waals surface area contributed by atoms with E-state index >= 15 is 0 Å². The Morgan fingerprint density at radius 2 is 1.95 bits per heavy atom. The number of nitriles is 1. The fourth-order valence-electron chi connectivity index (χ4n) is 4.51. The lowest BCUT2D eigenvalue weighted by Crippen LogP contribution is -2.30. The highest BCUT2D eigenvalue weighted by Crippen LogP contribution is 2.32. The Kier molecular flexibility index (Phi) is 6.06. The summed E-state index contributed by atoms with van der Waals surface area (Å²) in [6, 6.07) is 9.84. The third kappa shape index (κ3) is 4.43. The van der Waals surface area contributed by atoms with Crippen LogP contribution in [-0.4, -0.2) is 57.5 Å². The van der Waals surface area contributed by atoms with Crippen molar-refractivity contribution in [2.24, 2.45) is 0 Å². The number of H-pyrrole nitrogens is 1. The summed E-state index contributed by atoms with van der Waals surface area (Å²) in [5, 5.41) is 19.5. The van der Waals surface area contributed by atoms with Crippen molar-refractivity contribution < 1.29 is 26.4 Å². The van der Waals surface area contributed by atoms with Gasteiger partial charge < -0.3 is 9.88 Å². The van der Waals surface area contributed by atoms with Crippen molar-refractivity contribution in [2.45, 2.75) is 30.5 Å². The molecule has 0 saturated carbocycles. The number of alkyl halides is 3. The average Bonchev–Trinajstić information content (AvgIpc) is 3.64. The van der Waals surface area contributed by atoms with E-state index in [1.54, 1.807) is 12.1 Å². The summed E-state index contributed by atoms with van der Waals surface area (Å²) in [6.07, 6.45) is -2.99. The highest BCUT2D eigenvalue weighted by molar-refractivity contribution is 7.92. The molecule has 2 N–H and O–H groups in total. The summed E-state index contributed by atoms with van der Waals surface area (Å²) in [4.78, 5) is 17.2. The Morgan fingerprint density at radius 3 is 2.63 bits per heavy atom. The van der Waals surface area contributed by atoms with Gasteiger partial charge in [0.05, 0.1) is 27.7 Å². The molecular formula is C23H19F3N8O3S. The normalized spacial score (nSPS) is 16.1. The topological polar surface area (TPSA) is 150 Å². The number of halogens is 3. The van der Waals surface area contributed by atoms with Gasteiger partial charge in [-0.1, -0.05) is 6.07 Å². The van der Waals surface area contributed by atoms with E-state index in [1.165, 1.54) is 35.4 Å². The molecule has 38 heavy (non-hydrogen) atoms. The highest BCUT2D eigenvalue weighted by atomic mass is 32.2. The molecule has 1 aliphatic rings. The van der Waals surface area contributed by atoms with Crippen LogP contribution in [0.2, 0.25) is 0 Å². The first-order valence-corrected chi connectivity index (χ1v) is 12.8. The summed E-state index contributed by atoms with van der Waals surface area (Å²) in [5.41, 5.74) is 2.11. The number of aryl methyl sites for hydroxylation is 1. The third-order valence-electron chi connectivity index (χ3n) is 6.36. The number of nitrogens with zero attached hydrogens (tertiary/aromatic N) is 6. The lowest BCUT2D eigenvalue weighted by molar-refractivity contribution is -0.148. The van der Waals surface area contributed by atoms with Gasteiger partial charge in [0.1, 0.15) is 6.07 Å². The smallest absolute Gasteiger partial charge is 0.358 e. The van der Waals surface area contributed by atoms with Crippen molar-refractivity contribution in [2.75, 3.05) is 17.8 Å². The fourth-order valence-corrected chi connectivity index (χ4v) is 5.58. The maximum atomic E-state index is 13.1. The monoisotopic (exact) mass is 544 g/mol. The molecule has 0 aliphatic carbocycles. The molecule has 1 aliphatic heterocycles. The molecule has 1 saturated heterocycles. The van der Waals surface area contributed by atoms with E-state index in [0.29, 0.717) is 21.1 Å². The largest absolute Gasteiger partial charge is 0.453 e. The molecule has 5 rings (SSSR count). The number of carbonyl (C=O) groups is 1. The van der Waals surface area contributed by atoms with Gasteiger partial charge in [-0.2, -0.15) is 18.4 Å². The number of benzene rings is 2. The van der Waals surface area contributed by atoms with Crippen molar-refractivity contribution in [3.63, 3.8) is 0 Å². The highest BCUT2D eigenvalue weighted by Gasteiger charge is 2.41. The van der Waals surface area contributed by atoms with Crippen LogP contribution < -0.4 is 4.72 Å². The zero-order valence-corrected chi connectivity index (χ0v) is 20.5. The molecule has 0 bridgehead atoms. The number of amides is 1. The Morgan fingerprint density at radius 1 is 1.21 bits per heavy atom. The van der Waals surface area contributed by atoms with E-state index < -0.39 is 34.0 Å². The van der Waals surface area contributed by atoms with Gasteiger partial charge in [-0.25, -0.2) is 13.1 Å². The van der Waals surface area contributed by atoms with Gasteiger partial charge in [0.2, 0.25) is 0 Å². The molecule has 11 nitrogen and oxygen atoms in total. The molecule has 1 fully saturated rings. The zero-order chi connectivity index (χ0) is 27.2. The number of hydrogen-bond donors (Lipinski definition) is 2. The van der Waals surface area contributed by atoms with Crippen LogP contribution in [0.4, 0.5) is 18.9 Å². The van der Waals surface area contributed by atoms with Crippen molar-refractivity contribution in [1.29, 1.82) is 5.26 Å². The fraction of sp³-hybridized carbons (Fsp3) is 0.261. The minimum atomic E-state index is -4.72. The molecule has 1 atom stereocenters. The molecular weight excluding hydrogens is 525 g/mol. The number of rotatable bonds is 5. The zero-order valence-electron chi connectivity index (χ0n) is 19.7. The molecule has 3 heterocycles. The van der Waals surface area contributed by atoms with E-state index in [1.807, 2.05) is 6.92 Å². The Labute approximate surface area is 213 Å². The molecule has 4 aromatic rings. The minimum absolute atomic E-state index is 0.0290. The molecule has 196 valence electrons. The van der Waals surface area contributed by atoms with Gasteiger partial charge in [-0.15, -0.1) is 5.10 Å². The number of hydrogen-bond acceptors (Lipinski definition) is 7. The molecule has 0 radical (unpaired) electrons. The summed E-state index contributed by atoms with van der Waals surface area (Å²) in [7, 11) is -4.04. The molecule has 2 aromatic carbocycles. The van der Waals surface area contributed by atoms with Gasteiger partial charge in [0.15, 0.2) is 0 Å². The minimum Gasteiger partial charge on any atom is -0.358 e. The van der Waals surface area contributed by atoms with Crippen LogP contribution in [0.3, 0.4) is 0 Å². The predicted molar refractivity (Wildman–Crippen MR) is 127 cm³/mol. The van der Waals surface area contributed by atoms with Crippen LogP contribution in [0.5, 0.6) is 0 Å². The second kappa shape index (κ2) is 9.14. The molecule has 1 amide bonds. The SMILES string of the molecule is Cc1ccc(NS(=O)(=O)c2ccc(C(=O)N3CCC(n4nnnc4C(F)(F)F)C3)cc2)c2[nH]cc(C#N)c12. The van der Waals surface area contributed by atoms with Gasteiger partial charge in [0, 0.05) is 30.2 Å². The second-order valence-electron chi connectivity index (χ2n) is 8.76. The van der Waals surface area contributed by atoms with Crippen LogP contribution in [0.1, 0.15) is 39.8 Å². The second-order valence-corrected chi connectivity index (χ2v) is 10.4. The summed E-state index contributed by atoms with van der Waals surface area (Å²) in [6.45, 7) is 1.97. The lowest BCUT2D eigenvalue weighted by atomic mass is 10.1. The predicted octanol–water partition coefficient (Wildman–Crippen LogP) is 3.24. The van der Waals surface area contributed by atoms with Crippen LogP contribution >= 0.6 is 0 Å². The van der Waals surface area contributed by atoms with Gasteiger partial charge in [-0.3, -0.25) is 9.52 Å². The first-order chi connectivity index (χ1) is 18.0. The molecule has 0 spiro atoms. The van der Waals surface area contributed by atoms with Crippen LogP contribution in [0, 0.1) is 18.3 Å². The average molecular weight is 545 g/mol. The van der Waals surface area contributed by atoms with Crippen LogP contribution in [0.25, 0.3) is 10.9 Å². The summed E-state index contributed by atoms with van der Waals surface area (Å²) in [5.74, 6) is -1.69. The van der Waals surface area contributed by atoms with Crippen molar-refractivity contribution in [3.8, 4) is 6.07 Å². The summed E-state index contributed by atoms with van der Waals surface area (Å²) >= 11 is 0. The molecule has 1 unspecified atom stereocenters. The number of aromatic nitrogens is 5. The van der Waals surface area contributed by atoms with Crippen molar-refractivity contribution in [1.82, 2.24) is 30.1 Å². The number of nitrogens with one attached hydrogen (secondary N) is 2. The van der Waals surface area contributed by atoms with Crippen molar-refractivity contribution in [3.05, 3.63) is 65.1 Å². The standard InChI is InChI=1S/C23H19F3N8O3S/c1-13-2-7-18(20-19(13)15(10-27)11-28-20)30-38(36,37)17-5-3-14(4-6-17)21(35)33-9-8-16(12-33)34-22(23(24,25)26)29-31-32-34/h2-7,11,16,28,30H,8-9,12H2,1H3. The Hall–Kier alpha value is -4.45. The van der Waals surface area contributed by atoms with Gasteiger partial charge in [-0.05, 0) is 59.7 Å². The lowest BCUT2D eigenvalue weighted by Gasteiger charge is -2.17. The maximum absolute atomic E-state index is 13.1. The van der Waals surface area contributed by atoms with E-state index in [0.717, 1.165) is 5.56 Å². The number of likely N-dealkylation sites (tertiary alicyclic amines) is 1. The maximum Gasteiger partial charge on any atom is 0.453 e. The molecule has 15 heteroatoms.